The summed E-state index contributed by atoms with van der Waals surface area (Å²) >= 11 is 5.59. The number of benzene rings is 1. The van der Waals surface area contributed by atoms with Crippen LogP contribution in [0.3, 0.4) is 0 Å². The Bertz CT molecular complexity index is 489. The molecule has 1 aromatic carbocycles. The summed E-state index contributed by atoms with van der Waals surface area (Å²) in [5, 5.41) is 10.8. The summed E-state index contributed by atoms with van der Waals surface area (Å²) in [5.74, 6) is -1.28. The Hall–Kier alpha value is -2.15. The lowest BCUT2D eigenvalue weighted by atomic mass is 10.2. The molecule has 0 heterocycles. The van der Waals surface area contributed by atoms with Gasteiger partial charge in [-0.25, -0.2) is 0 Å². The number of nitro groups is 1. The number of nitro benzene ring substituents is 1. The monoisotopic (exact) mass is 257 g/mol. The summed E-state index contributed by atoms with van der Waals surface area (Å²) in [5.41, 5.74) is 3.44. The molecule has 2 N–H and O–H groups in total. The Morgan fingerprint density at radius 1 is 1.35 bits per heavy atom. The molecular formula is C9H8ClN3O4. The molecule has 1 rings (SSSR count). The van der Waals surface area contributed by atoms with Gasteiger partial charge in [-0.3, -0.25) is 30.6 Å². The van der Waals surface area contributed by atoms with Gasteiger partial charge in [0.2, 0.25) is 5.91 Å². The molecule has 90 valence electrons. The number of hydrogen-bond donors (Lipinski definition) is 2. The lowest BCUT2D eigenvalue weighted by molar-refractivity contribution is -0.385. The molecule has 0 saturated carbocycles. The lowest BCUT2D eigenvalue weighted by Gasteiger charge is -2.05. The van der Waals surface area contributed by atoms with Crippen LogP contribution >= 0.6 is 11.6 Å². The largest absolute Gasteiger partial charge is 0.283 e. The van der Waals surface area contributed by atoms with Gasteiger partial charge in [-0.05, 0) is 12.1 Å². The van der Waals surface area contributed by atoms with Crippen LogP contribution in [0.2, 0.25) is 5.02 Å². The molecule has 0 aliphatic heterocycles. The Morgan fingerprint density at radius 3 is 2.53 bits per heavy atom. The van der Waals surface area contributed by atoms with E-state index in [4.69, 9.17) is 11.6 Å². The molecule has 8 heteroatoms. The molecule has 0 bridgehead atoms. The fourth-order valence-corrected chi connectivity index (χ4v) is 1.23. The second kappa shape index (κ2) is 5.26. The molecule has 0 aromatic heterocycles. The van der Waals surface area contributed by atoms with E-state index in [0.29, 0.717) is 0 Å². The van der Waals surface area contributed by atoms with E-state index in [9.17, 15) is 19.7 Å². The van der Waals surface area contributed by atoms with Gasteiger partial charge >= 0.3 is 0 Å². The van der Waals surface area contributed by atoms with Crippen molar-refractivity contribution < 1.29 is 14.5 Å². The molecule has 2 amide bonds. The van der Waals surface area contributed by atoms with Crippen molar-refractivity contribution in [2.24, 2.45) is 0 Å². The average Bonchev–Trinajstić information content (AvgIpc) is 2.25. The molecule has 0 fully saturated rings. The lowest BCUT2D eigenvalue weighted by Crippen LogP contribution is -2.40. The van der Waals surface area contributed by atoms with Crippen LogP contribution in [0, 0.1) is 10.1 Å². The zero-order valence-corrected chi connectivity index (χ0v) is 9.45. The minimum Gasteiger partial charge on any atom is -0.274 e. The number of amides is 2. The molecule has 0 atom stereocenters. The van der Waals surface area contributed by atoms with Crippen molar-refractivity contribution in [1.29, 1.82) is 0 Å². The molecule has 0 saturated heterocycles. The second-order valence-corrected chi connectivity index (χ2v) is 3.49. The van der Waals surface area contributed by atoms with Crippen molar-refractivity contribution in [3.63, 3.8) is 0 Å². The summed E-state index contributed by atoms with van der Waals surface area (Å²) in [4.78, 5) is 32.1. The zero-order valence-electron chi connectivity index (χ0n) is 8.69. The number of carbonyl (C=O) groups excluding carboxylic acids is 2. The van der Waals surface area contributed by atoms with Crippen LogP contribution in [0.4, 0.5) is 5.69 Å². The van der Waals surface area contributed by atoms with E-state index in [1.54, 1.807) is 0 Å². The highest BCUT2D eigenvalue weighted by molar-refractivity contribution is 6.31. The average molecular weight is 258 g/mol. The van der Waals surface area contributed by atoms with Crippen molar-refractivity contribution in [3.05, 3.63) is 38.9 Å². The Labute approximate surface area is 101 Å². The number of hydrazine groups is 1. The fourth-order valence-electron chi connectivity index (χ4n) is 1.06. The number of hydrogen-bond acceptors (Lipinski definition) is 4. The first-order valence-electron chi connectivity index (χ1n) is 4.42. The third kappa shape index (κ3) is 3.42. The third-order valence-electron chi connectivity index (χ3n) is 1.75. The molecule has 0 aliphatic rings. The maximum Gasteiger partial charge on any atom is 0.283 e. The van der Waals surface area contributed by atoms with E-state index < -0.39 is 22.4 Å². The summed E-state index contributed by atoms with van der Waals surface area (Å²) in [6.45, 7) is 1.19. The van der Waals surface area contributed by atoms with E-state index in [-0.39, 0.29) is 10.6 Å². The summed E-state index contributed by atoms with van der Waals surface area (Å²) < 4.78 is 0. The zero-order chi connectivity index (χ0) is 13.0. The van der Waals surface area contributed by atoms with Gasteiger partial charge in [0.1, 0.15) is 5.56 Å². The highest BCUT2D eigenvalue weighted by Gasteiger charge is 2.20. The SMILES string of the molecule is CC(=O)NNC(=O)c1ccc(Cl)cc1[N+](=O)[O-]. The van der Waals surface area contributed by atoms with Gasteiger partial charge in [-0.15, -0.1) is 0 Å². The van der Waals surface area contributed by atoms with E-state index in [1.807, 2.05) is 10.9 Å². The van der Waals surface area contributed by atoms with Crippen molar-refractivity contribution in [3.8, 4) is 0 Å². The second-order valence-electron chi connectivity index (χ2n) is 3.05. The molecule has 0 spiro atoms. The van der Waals surface area contributed by atoms with Crippen molar-refractivity contribution in [1.82, 2.24) is 10.9 Å². The number of carbonyl (C=O) groups is 2. The van der Waals surface area contributed by atoms with Gasteiger partial charge in [0.25, 0.3) is 11.6 Å². The van der Waals surface area contributed by atoms with Gasteiger partial charge in [-0.2, -0.15) is 0 Å². The number of nitrogens with zero attached hydrogens (tertiary/aromatic N) is 1. The molecule has 1 aromatic rings. The van der Waals surface area contributed by atoms with Gasteiger partial charge < -0.3 is 0 Å². The summed E-state index contributed by atoms with van der Waals surface area (Å²) in [6, 6.07) is 3.61. The highest BCUT2D eigenvalue weighted by Crippen LogP contribution is 2.22. The number of halogens is 1. The quantitative estimate of drug-likeness (QED) is 0.610. The Kier molecular flexibility index (Phi) is 4.00. The van der Waals surface area contributed by atoms with Crippen LogP contribution in [0.1, 0.15) is 17.3 Å². The van der Waals surface area contributed by atoms with Crippen molar-refractivity contribution in [2.45, 2.75) is 6.92 Å². The van der Waals surface area contributed by atoms with E-state index >= 15 is 0 Å². The third-order valence-corrected chi connectivity index (χ3v) is 1.99. The minimum absolute atomic E-state index is 0.146. The fraction of sp³-hybridized carbons (Fsp3) is 0.111. The van der Waals surface area contributed by atoms with Crippen LogP contribution in [-0.4, -0.2) is 16.7 Å². The topological polar surface area (TPSA) is 101 Å². The summed E-state index contributed by atoms with van der Waals surface area (Å²) in [7, 11) is 0. The molecule has 0 unspecified atom stereocenters. The summed E-state index contributed by atoms with van der Waals surface area (Å²) in [6.07, 6.45) is 0. The van der Waals surface area contributed by atoms with Crippen molar-refractivity contribution >= 4 is 29.1 Å². The van der Waals surface area contributed by atoms with Crippen LogP contribution in [-0.2, 0) is 4.79 Å². The number of nitrogens with one attached hydrogen (secondary N) is 2. The Morgan fingerprint density at radius 2 is 2.00 bits per heavy atom. The van der Waals surface area contributed by atoms with Gasteiger partial charge in [-0.1, -0.05) is 11.6 Å². The van der Waals surface area contributed by atoms with Crippen LogP contribution in [0.5, 0.6) is 0 Å². The van der Waals surface area contributed by atoms with E-state index in [1.165, 1.54) is 19.1 Å². The Balaban J connectivity index is 3.00. The van der Waals surface area contributed by atoms with Gasteiger partial charge in [0, 0.05) is 18.0 Å². The predicted molar refractivity (Wildman–Crippen MR) is 59.4 cm³/mol. The first-order valence-corrected chi connectivity index (χ1v) is 4.80. The normalized spacial score (nSPS) is 9.53. The molecule has 0 radical (unpaired) electrons. The first-order chi connectivity index (χ1) is 7.91. The molecular weight excluding hydrogens is 250 g/mol. The van der Waals surface area contributed by atoms with Gasteiger partial charge in [0.15, 0.2) is 0 Å². The van der Waals surface area contributed by atoms with Crippen LogP contribution in [0.25, 0.3) is 0 Å². The predicted octanol–water partition coefficient (Wildman–Crippen LogP) is 1.03. The van der Waals surface area contributed by atoms with Crippen molar-refractivity contribution in [2.75, 3.05) is 0 Å². The maximum atomic E-state index is 11.5. The van der Waals surface area contributed by atoms with E-state index in [0.717, 1.165) is 6.07 Å². The highest BCUT2D eigenvalue weighted by atomic mass is 35.5. The molecule has 0 aliphatic carbocycles. The van der Waals surface area contributed by atoms with Gasteiger partial charge in [0.05, 0.1) is 4.92 Å². The van der Waals surface area contributed by atoms with Crippen LogP contribution < -0.4 is 10.9 Å². The molecule has 17 heavy (non-hydrogen) atoms. The smallest absolute Gasteiger partial charge is 0.274 e. The number of rotatable bonds is 2. The maximum absolute atomic E-state index is 11.5. The first kappa shape index (κ1) is 12.9. The minimum atomic E-state index is -0.788. The van der Waals surface area contributed by atoms with E-state index in [2.05, 4.69) is 0 Å². The van der Waals surface area contributed by atoms with Crippen LogP contribution in [0.15, 0.2) is 18.2 Å². The standard InChI is InChI=1S/C9H8ClN3O4/c1-5(14)11-12-9(15)7-3-2-6(10)4-8(7)13(16)17/h2-4H,1H3,(H,11,14)(H,12,15). The molecule has 7 nitrogen and oxygen atoms in total.